The first-order valence-electron chi connectivity index (χ1n) is 6.94. The molecule has 1 unspecified atom stereocenters. The number of rotatable bonds is 4. The van der Waals surface area contributed by atoms with E-state index < -0.39 is 0 Å². The van der Waals surface area contributed by atoms with Gasteiger partial charge in [0, 0.05) is 13.0 Å². The summed E-state index contributed by atoms with van der Waals surface area (Å²) in [5.41, 5.74) is 5.94. The minimum Gasteiger partial charge on any atom is -0.383 e. The number of nitrogens with two attached hydrogens (primary N) is 1. The van der Waals surface area contributed by atoms with Crippen LogP contribution in [0, 0.1) is 5.92 Å². The van der Waals surface area contributed by atoms with Crippen molar-refractivity contribution in [1.29, 1.82) is 0 Å². The highest BCUT2D eigenvalue weighted by molar-refractivity contribution is 7.16. The number of aromatic nitrogens is 2. The highest BCUT2D eigenvalue weighted by Crippen LogP contribution is 2.26. The predicted octanol–water partition coefficient (Wildman–Crippen LogP) is 2.42. The van der Waals surface area contributed by atoms with Crippen LogP contribution in [0.3, 0.4) is 0 Å². The van der Waals surface area contributed by atoms with E-state index in [1.165, 1.54) is 0 Å². The second-order valence-corrected chi connectivity index (χ2v) is 6.19. The minimum atomic E-state index is 0.205. The highest BCUT2D eigenvalue weighted by Gasteiger charge is 2.29. The lowest BCUT2D eigenvalue weighted by Crippen LogP contribution is -2.25. The maximum atomic E-state index is 12.0. The Kier molecular flexibility index (Phi) is 3.56. The molecule has 1 aliphatic heterocycles. The van der Waals surface area contributed by atoms with Gasteiger partial charge in [-0.1, -0.05) is 13.3 Å². The number of nitrogen functional groups attached to an aromatic ring is 1. The molecule has 1 fully saturated rings. The minimum absolute atomic E-state index is 0.205. The largest absolute Gasteiger partial charge is 0.383 e. The number of likely N-dealkylation sites (tertiary alicyclic amines) is 1. The zero-order chi connectivity index (χ0) is 14.1. The van der Waals surface area contributed by atoms with Crippen LogP contribution in [0.15, 0.2) is 11.4 Å². The van der Waals surface area contributed by atoms with E-state index in [-0.39, 0.29) is 5.91 Å². The lowest BCUT2D eigenvalue weighted by Gasteiger charge is -2.15. The molecular weight excluding hydrogens is 272 g/mol. The van der Waals surface area contributed by atoms with Gasteiger partial charge in [0.15, 0.2) is 5.82 Å². The normalized spacial score (nSPS) is 19.1. The molecule has 1 saturated heterocycles. The molecule has 0 spiro atoms. The van der Waals surface area contributed by atoms with E-state index in [4.69, 9.17) is 5.73 Å². The Labute approximate surface area is 121 Å². The van der Waals surface area contributed by atoms with E-state index in [9.17, 15) is 4.79 Å². The van der Waals surface area contributed by atoms with Crippen molar-refractivity contribution >= 4 is 33.3 Å². The van der Waals surface area contributed by atoms with Gasteiger partial charge in [-0.15, -0.1) is 11.3 Å². The Morgan fingerprint density at radius 2 is 2.35 bits per heavy atom. The van der Waals surface area contributed by atoms with Gasteiger partial charge in [0.2, 0.25) is 5.91 Å². The molecular formula is C14H18N4OS. The van der Waals surface area contributed by atoms with Gasteiger partial charge in [-0.05, 0) is 23.8 Å². The average Bonchev–Trinajstić information content (AvgIpc) is 2.98. The SMILES string of the molecule is CCCC1CC(=O)N(Cc2nc(N)c3ccsc3n2)C1. The molecule has 3 heterocycles. The Morgan fingerprint density at radius 3 is 3.15 bits per heavy atom. The second kappa shape index (κ2) is 5.36. The van der Waals surface area contributed by atoms with Crippen molar-refractivity contribution in [2.75, 3.05) is 12.3 Å². The molecule has 106 valence electrons. The van der Waals surface area contributed by atoms with Gasteiger partial charge in [0.05, 0.1) is 11.9 Å². The van der Waals surface area contributed by atoms with Crippen molar-refractivity contribution < 1.29 is 4.79 Å². The fourth-order valence-electron chi connectivity index (χ4n) is 2.77. The zero-order valence-electron chi connectivity index (χ0n) is 11.5. The number of hydrogen-bond acceptors (Lipinski definition) is 5. The van der Waals surface area contributed by atoms with Crippen LogP contribution in [0.1, 0.15) is 32.0 Å². The lowest BCUT2D eigenvalue weighted by atomic mass is 10.0. The molecule has 3 rings (SSSR count). The first-order valence-corrected chi connectivity index (χ1v) is 7.82. The first-order chi connectivity index (χ1) is 9.67. The molecule has 1 amide bonds. The van der Waals surface area contributed by atoms with Crippen LogP contribution in [0.4, 0.5) is 5.82 Å². The Balaban J connectivity index is 1.77. The van der Waals surface area contributed by atoms with Gasteiger partial charge in [0.25, 0.3) is 0 Å². The smallest absolute Gasteiger partial charge is 0.223 e. The third-order valence-corrected chi connectivity index (χ3v) is 4.53. The standard InChI is InChI=1S/C14H18N4OS/c1-2-3-9-6-12(19)18(7-9)8-11-16-13(15)10-4-5-20-14(10)17-11/h4-5,9H,2-3,6-8H2,1H3,(H2,15,16,17). The molecule has 0 aliphatic carbocycles. The number of fused-ring (bicyclic) bond motifs is 1. The van der Waals surface area contributed by atoms with Crippen LogP contribution in [-0.2, 0) is 11.3 Å². The summed E-state index contributed by atoms with van der Waals surface area (Å²) in [7, 11) is 0. The lowest BCUT2D eigenvalue weighted by molar-refractivity contribution is -0.128. The quantitative estimate of drug-likeness (QED) is 0.938. The maximum Gasteiger partial charge on any atom is 0.223 e. The molecule has 6 heteroatoms. The summed E-state index contributed by atoms with van der Waals surface area (Å²) in [6, 6.07) is 1.93. The molecule has 1 aliphatic rings. The van der Waals surface area contributed by atoms with Crippen molar-refractivity contribution in [2.45, 2.75) is 32.7 Å². The fraction of sp³-hybridized carbons (Fsp3) is 0.500. The number of thiophene rings is 1. The molecule has 20 heavy (non-hydrogen) atoms. The summed E-state index contributed by atoms with van der Waals surface area (Å²) >= 11 is 1.55. The fourth-order valence-corrected chi connectivity index (χ4v) is 3.56. The van der Waals surface area contributed by atoms with Crippen LogP contribution in [0.25, 0.3) is 10.2 Å². The molecule has 1 atom stereocenters. The van der Waals surface area contributed by atoms with Crippen LogP contribution in [-0.4, -0.2) is 27.3 Å². The first kappa shape index (κ1) is 13.3. The number of amides is 1. The van der Waals surface area contributed by atoms with Crippen molar-refractivity contribution in [2.24, 2.45) is 5.92 Å². The van der Waals surface area contributed by atoms with Gasteiger partial charge < -0.3 is 10.6 Å². The predicted molar refractivity (Wildman–Crippen MR) is 80.3 cm³/mol. The van der Waals surface area contributed by atoms with E-state index in [0.717, 1.165) is 29.6 Å². The van der Waals surface area contributed by atoms with Crippen molar-refractivity contribution in [3.63, 3.8) is 0 Å². The molecule has 0 aromatic carbocycles. The summed E-state index contributed by atoms with van der Waals surface area (Å²) in [5, 5.41) is 2.85. The molecule has 0 radical (unpaired) electrons. The van der Waals surface area contributed by atoms with Crippen molar-refractivity contribution in [1.82, 2.24) is 14.9 Å². The van der Waals surface area contributed by atoms with E-state index in [1.54, 1.807) is 11.3 Å². The van der Waals surface area contributed by atoms with E-state index in [1.807, 2.05) is 16.3 Å². The van der Waals surface area contributed by atoms with Crippen molar-refractivity contribution in [3.8, 4) is 0 Å². The number of nitrogens with zero attached hydrogens (tertiary/aromatic N) is 3. The molecule has 2 aromatic heterocycles. The van der Waals surface area contributed by atoms with Gasteiger partial charge in [-0.2, -0.15) is 0 Å². The van der Waals surface area contributed by atoms with Crippen LogP contribution >= 0.6 is 11.3 Å². The topological polar surface area (TPSA) is 72.1 Å². The molecule has 0 bridgehead atoms. The van der Waals surface area contributed by atoms with Crippen LogP contribution < -0.4 is 5.73 Å². The molecule has 0 saturated carbocycles. The van der Waals surface area contributed by atoms with Gasteiger partial charge in [0.1, 0.15) is 10.6 Å². The van der Waals surface area contributed by atoms with Gasteiger partial charge in [-0.25, -0.2) is 9.97 Å². The highest BCUT2D eigenvalue weighted by atomic mass is 32.1. The van der Waals surface area contributed by atoms with Gasteiger partial charge >= 0.3 is 0 Å². The average molecular weight is 290 g/mol. The third kappa shape index (κ3) is 2.47. The third-order valence-electron chi connectivity index (χ3n) is 3.72. The number of hydrogen-bond donors (Lipinski definition) is 1. The number of carbonyl (C=O) groups is 1. The van der Waals surface area contributed by atoms with Crippen LogP contribution in [0.2, 0.25) is 0 Å². The van der Waals surface area contributed by atoms with E-state index in [2.05, 4.69) is 16.9 Å². The summed E-state index contributed by atoms with van der Waals surface area (Å²) in [5.74, 6) is 1.83. The van der Waals surface area contributed by atoms with E-state index in [0.29, 0.717) is 30.5 Å². The summed E-state index contributed by atoms with van der Waals surface area (Å²) in [6.07, 6.45) is 2.89. The number of anilines is 1. The molecule has 5 nitrogen and oxygen atoms in total. The van der Waals surface area contributed by atoms with Gasteiger partial charge in [-0.3, -0.25) is 4.79 Å². The number of carbonyl (C=O) groups excluding carboxylic acids is 1. The van der Waals surface area contributed by atoms with Crippen LogP contribution in [0.5, 0.6) is 0 Å². The zero-order valence-corrected chi connectivity index (χ0v) is 12.3. The second-order valence-electron chi connectivity index (χ2n) is 5.30. The Hall–Kier alpha value is -1.69. The Morgan fingerprint density at radius 1 is 1.50 bits per heavy atom. The van der Waals surface area contributed by atoms with Crippen molar-refractivity contribution in [3.05, 3.63) is 17.3 Å². The monoisotopic (exact) mass is 290 g/mol. The molecule has 2 aromatic rings. The summed E-state index contributed by atoms with van der Waals surface area (Å²) in [6.45, 7) is 3.44. The maximum absolute atomic E-state index is 12.0. The summed E-state index contributed by atoms with van der Waals surface area (Å²) < 4.78 is 0. The Bertz CT molecular complexity index is 639. The molecule has 2 N–H and O–H groups in total. The summed E-state index contributed by atoms with van der Waals surface area (Å²) in [4.78, 5) is 23.6. The van der Waals surface area contributed by atoms with E-state index >= 15 is 0 Å².